The van der Waals surface area contributed by atoms with Gasteiger partial charge in [0.05, 0.1) is 18.1 Å². The SMILES string of the molecule is CNc1cnc(CN2CCC(C)CC2)cn1. The molecule has 0 unspecified atom stereocenters. The third-order valence-electron chi connectivity index (χ3n) is 3.22. The molecule has 0 amide bonds. The van der Waals surface area contributed by atoms with Crippen molar-refractivity contribution < 1.29 is 0 Å². The van der Waals surface area contributed by atoms with E-state index in [1.165, 1.54) is 25.9 Å². The average molecular weight is 220 g/mol. The van der Waals surface area contributed by atoms with Crippen LogP contribution < -0.4 is 5.32 Å². The summed E-state index contributed by atoms with van der Waals surface area (Å²) in [5.74, 6) is 1.71. The van der Waals surface area contributed by atoms with E-state index >= 15 is 0 Å². The highest BCUT2D eigenvalue weighted by atomic mass is 15.1. The summed E-state index contributed by atoms with van der Waals surface area (Å²) in [5.41, 5.74) is 1.06. The van der Waals surface area contributed by atoms with Crippen molar-refractivity contribution in [1.29, 1.82) is 0 Å². The van der Waals surface area contributed by atoms with E-state index in [0.29, 0.717) is 0 Å². The van der Waals surface area contributed by atoms with E-state index in [-0.39, 0.29) is 0 Å². The fraction of sp³-hybridized carbons (Fsp3) is 0.667. The molecule has 1 N–H and O–H groups in total. The van der Waals surface area contributed by atoms with Crippen molar-refractivity contribution in [3.8, 4) is 0 Å². The van der Waals surface area contributed by atoms with Crippen molar-refractivity contribution in [1.82, 2.24) is 14.9 Å². The lowest BCUT2D eigenvalue weighted by molar-refractivity contribution is 0.183. The maximum atomic E-state index is 4.40. The summed E-state index contributed by atoms with van der Waals surface area (Å²) in [6, 6.07) is 0. The highest BCUT2D eigenvalue weighted by molar-refractivity contribution is 5.29. The van der Waals surface area contributed by atoms with E-state index in [4.69, 9.17) is 0 Å². The molecular formula is C12H20N4. The fourth-order valence-corrected chi connectivity index (χ4v) is 2.01. The van der Waals surface area contributed by atoms with E-state index < -0.39 is 0 Å². The molecule has 0 saturated carbocycles. The summed E-state index contributed by atoms with van der Waals surface area (Å²) in [4.78, 5) is 11.1. The van der Waals surface area contributed by atoms with Crippen LogP contribution in [0.5, 0.6) is 0 Å². The van der Waals surface area contributed by atoms with Crippen LogP contribution in [0, 0.1) is 5.92 Å². The van der Waals surface area contributed by atoms with Gasteiger partial charge in [0, 0.05) is 13.6 Å². The quantitative estimate of drug-likeness (QED) is 0.842. The zero-order valence-electron chi connectivity index (χ0n) is 10.1. The Labute approximate surface area is 97.1 Å². The standard InChI is InChI=1S/C12H20N4/c1-10-3-5-16(6-4-10)9-11-7-15-12(13-2)8-14-11/h7-8,10H,3-6,9H2,1-2H3,(H,13,15). The van der Waals surface area contributed by atoms with Crippen molar-refractivity contribution in [3.05, 3.63) is 18.1 Å². The van der Waals surface area contributed by atoms with Crippen LogP contribution in [0.1, 0.15) is 25.5 Å². The number of nitrogens with one attached hydrogen (secondary N) is 1. The second-order valence-corrected chi connectivity index (χ2v) is 4.60. The molecule has 0 radical (unpaired) electrons. The Balaban J connectivity index is 1.88. The molecule has 2 rings (SSSR count). The summed E-state index contributed by atoms with van der Waals surface area (Å²) in [5, 5.41) is 2.98. The lowest BCUT2D eigenvalue weighted by atomic mass is 9.99. The molecule has 1 aromatic rings. The predicted molar refractivity (Wildman–Crippen MR) is 65.3 cm³/mol. The minimum Gasteiger partial charge on any atom is -0.372 e. The number of hydrogen-bond acceptors (Lipinski definition) is 4. The van der Waals surface area contributed by atoms with E-state index in [1.54, 1.807) is 6.20 Å². The van der Waals surface area contributed by atoms with Gasteiger partial charge in [0.15, 0.2) is 0 Å². The van der Waals surface area contributed by atoms with Gasteiger partial charge in [0.1, 0.15) is 5.82 Å². The van der Waals surface area contributed by atoms with Crippen LogP contribution in [0.15, 0.2) is 12.4 Å². The highest BCUT2D eigenvalue weighted by Crippen LogP contribution is 2.17. The van der Waals surface area contributed by atoms with Crippen LogP contribution in [-0.4, -0.2) is 35.0 Å². The molecule has 1 aliphatic heterocycles. The number of nitrogens with zero attached hydrogens (tertiary/aromatic N) is 3. The Morgan fingerprint density at radius 1 is 1.31 bits per heavy atom. The molecule has 0 aromatic carbocycles. The molecule has 0 spiro atoms. The number of piperidine rings is 1. The summed E-state index contributed by atoms with van der Waals surface area (Å²) in [6.45, 7) is 5.65. The second kappa shape index (κ2) is 5.25. The van der Waals surface area contributed by atoms with Crippen molar-refractivity contribution in [2.24, 2.45) is 5.92 Å². The Kier molecular flexibility index (Phi) is 3.72. The molecule has 88 valence electrons. The van der Waals surface area contributed by atoms with E-state index in [0.717, 1.165) is 24.0 Å². The van der Waals surface area contributed by atoms with Crippen molar-refractivity contribution >= 4 is 5.82 Å². The maximum Gasteiger partial charge on any atom is 0.144 e. The molecule has 4 nitrogen and oxygen atoms in total. The zero-order valence-corrected chi connectivity index (χ0v) is 10.1. The molecule has 0 aliphatic carbocycles. The van der Waals surface area contributed by atoms with Crippen LogP contribution in [-0.2, 0) is 6.54 Å². The van der Waals surface area contributed by atoms with Crippen LogP contribution in [0.25, 0.3) is 0 Å². The first-order valence-electron chi connectivity index (χ1n) is 5.99. The monoisotopic (exact) mass is 220 g/mol. The first kappa shape index (κ1) is 11.3. The van der Waals surface area contributed by atoms with Gasteiger partial charge in [-0.05, 0) is 31.8 Å². The smallest absolute Gasteiger partial charge is 0.144 e. The number of likely N-dealkylation sites (tertiary alicyclic amines) is 1. The lowest BCUT2D eigenvalue weighted by Crippen LogP contribution is -2.32. The van der Waals surface area contributed by atoms with Gasteiger partial charge in [-0.2, -0.15) is 0 Å². The van der Waals surface area contributed by atoms with Crippen molar-refractivity contribution in [2.75, 3.05) is 25.5 Å². The third kappa shape index (κ3) is 2.92. The normalized spacial score (nSPS) is 18.6. The van der Waals surface area contributed by atoms with Crippen LogP contribution in [0.3, 0.4) is 0 Å². The Hall–Kier alpha value is -1.16. The van der Waals surface area contributed by atoms with Gasteiger partial charge in [0.25, 0.3) is 0 Å². The third-order valence-corrected chi connectivity index (χ3v) is 3.22. The zero-order chi connectivity index (χ0) is 11.4. The van der Waals surface area contributed by atoms with Gasteiger partial charge in [-0.25, -0.2) is 4.98 Å². The lowest BCUT2D eigenvalue weighted by Gasteiger charge is -2.29. The molecular weight excluding hydrogens is 200 g/mol. The number of aromatic nitrogens is 2. The maximum absolute atomic E-state index is 4.40. The van der Waals surface area contributed by atoms with Crippen LogP contribution >= 0.6 is 0 Å². The van der Waals surface area contributed by atoms with E-state index in [2.05, 4.69) is 27.1 Å². The number of hydrogen-bond donors (Lipinski definition) is 1. The number of rotatable bonds is 3. The van der Waals surface area contributed by atoms with Gasteiger partial charge in [0.2, 0.25) is 0 Å². The molecule has 4 heteroatoms. The summed E-state index contributed by atoms with van der Waals surface area (Å²) < 4.78 is 0. The van der Waals surface area contributed by atoms with Crippen molar-refractivity contribution in [3.63, 3.8) is 0 Å². The van der Waals surface area contributed by atoms with Gasteiger partial charge < -0.3 is 5.32 Å². The Morgan fingerprint density at radius 3 is 2.62 bits per heavy atom. The van der Waals surface area contributed by atoms with Crippen LogP contribution in [0.2, 0.25) is 0 Å². The minimum absolute atomic E-state index is 0.830. The second-order valence-electron chi connectivity index (χ2n) is 4.60. The Morgan fingerprint density at radius 2 is 2.06 bits per heavy atom. The van der Waals surface area contributed by atoms with Gasteiger partial charge in [-0.3, -0.25) is 9.88 Å². The summed E-state index contributed by atoms with van der Waals surface area (Å²) in [7, 11) is 1.86. The largest absolute Gasteiger partial charge is 0.372 e. The first-order valence-corrected chi connectivity index (χ1v) is 5.99. The van der Waals surface area contributed by atoms with E-state index in [1.807, 2.05) is 13.2 Å². The topological polar surface area (TPSA) is 41.1 Å². The van der Waals surface area contributed by atoms with Crippen molar-refractivity contribution in [2.45, 2.75) is 26.3 Å². The fourth-order valence-electron chi connectivity index (χ4n) is 2.01. The van der Waals surface area contributed by atoms with Gasteiger partial charge in [-0.15, -0.1) is 0 Å². The Bertz CT molecular complexity index is 314. The molecule has 0 atom stereocenters. The molecule has 0 bridgehead atoms. The average Bonchev–Trinajstić information content (AvgIpc) is 2.33. The first-order chi connectivity index (χ1) is 7.78. The number of anilines is 1. The predicted octanol–water partition coefficient (Wildman–Crippen LogP) is 1.75. The van der Waals surface area contributed by atoms with Gasteiger partial charge >= 0.3 is 0 Å². The molecule has 1 fully saturated rings. The summed E-state index contributed by atoms with van der Waals surface area (Å²) in [6.07, 6.45) is 6.27. The van der Waals surface area contributed by atoms with E-state index in [9.17, 15) is 0 Å². The summed E-state index contributed by atoms with van der Waals surface area (Å²) >= 11 is 0. The molecule has 1 aromatic heterocycles. The molecule has 2 heterocycles. The minimum atomic E-state index is 0.830. The molecule has 16 heavy (non-hydrogen) atoms. The molecule has 1 aliphatic rings. The van der Waals surface area contributed by atoms with Crippen LogP contribution in [0.4, 0.5) is 5.82 Å². The van der Waals surface area contributed by atoms with Gasteiger partial charge in [-0.1, -0.05) is 6.92 Å². The molecule has 1 saturated heterocycles. The highest BCUT2D eigenvalue weighted by Gasteiger charge is 2.15.